The number of para-hydroxylation sites is 1. The number of alkyl halides is 3. The number of phenols is 1. The third-order valence-corrected chi connectivity index (χ3v) is 2.79. The van der Waals surface area contributed by atoms with Crippen LogP contribution in [0.5, 0.6) is 5.75 Å². The first-order valence-corrected chi connectivity index (χ1v) is 5.53. The fraction of sp³-hybridized carbons (Fsp3) is 0.0714. The van der Waals surface area contributed by atoms with E-state index in [2.05, 4.69) is 0 Å². The minimum atomic E-state index is -4.44. The Labute approximate surface area is 111 Å². The Hall–Kier alpha value is -2.50. The number of hydrogen-bond acceptors (Lipinski definition) is 2. The second-order valence-corrected chi connectivity index (χ2v) is 4.08. The van der Waals surface area contributed by atoms with Gasteiger partial charge in [-0.15, -0.1) is 0 Å². The van der Waals surface area contributed by atoms with Crippen LogP contribution in [0.3, 0.4) is 0 Å². The van der Waals surface area contributed by atoms with Gasteiger partial charge in [-0.1, -0.05) is 24.3 Å². The average Bonchev–Trinajstić information content (AvgIpc) is 2.38. The molecule has 3 nitrogen and oxygen atoms in total. The summed E-state index contributed by atoms with van der Waals surface area (Å²) in [6.07, 6.45) is -4.44. The minimum Gasteiger partial charge on any atom is -0.506 e. The zero-order valence-electron chi connectivity index (χ0n) is 9.98. The molecule has 0 saturated heterocycles. The molecule has 0 heterocycles. The van der Waals surface area contributed by atoms with E-state index in [1.165, 1.54) is 30.3 Å². The number of hydrogen-bond donors (Lipinski definition) is 2. The van der Waals surface area contributed by atoms with Gasteiger partial charge in [0.05, 0.1) is 5.56 Å². The van der Waals surface area contributed by atoms with Crippen molar-refractivity contribution >= 4 is 5.97 Å². The van der Waals surface area contributed by atoms with Crippen molar-refractivity contribution < 1.29 is 28.2 Å². The molecule has 0 aliphatic heterocycles. The standard InChI is InChI=1S/C14H9F3O3/c15-14(16,17)9-6-4-8(5-7-9)10-2-1-3-11(12(10)18)13(19)20/h1-7,18H,(H,19,20). The highest BCUT2D eigenvalue weighted by Gasteiger charge is 2.30. The van der Waals surface area contributed by atoms with Crippen LogP contribution in [0.1, 0.15) is 15.9 Å². The predicted octanol–water partition coefficient (Wildman–Crippen LogP) is 3.78. The highest BCUT2D eigenvalue weighted by atomic mass is 19.4. The SMILES string of the molecule is O=C(O)c1cccc(-c2ccc(C(F)(F)F)cc2)c1O. The summed E-state index contributed by atoms with van der Waals surface area (Å²) in [4.78, 5) is 10.9. The number of aromatic hydroxyl groups is 1. The van der Waals surface area contributed by atoms with Crippen LogP contribution >= 0.6 is 0 Å². The molecule has 6 heteroatoms. The van der Waals surface area contributed by atoms with E-state index in [0.717, 1.165) is 12.1 Å². The third kappa shape index (κ3) is 2.59. The van der Waals surface area contributed by atoms with Gasteiger partial charge in [0, 0.05) is 5.56 Å². The van der Waals surface area contributed by atoms with E-state index >= 15 is 0 Å². The molecule has 0 spiro atoms. The van der Waals surface area contributed by atoms with E-state index in [1.54, 1.807) is 0 Å². The molecule has 0 radical (unpaired) electrons. The van der Waals surface area contributed by atoms with E-state index in [9.17, 15) is 23.1 Å². The maximum Gasteiger partial charge on any atom is 0.416 e. The Balaban J connectivity index is 2.48. The highest BCUT2D eigenvalue weighted by molar-refractivity contribution is 5.94. The molecule has 20 heavy (non-hydrogen) atoms. The topological polar surface area (TPSA) is 57.5 Å². The first-order chi connectivity index (χ1) is 9.30. The maximum absolute atomic E-state index is 12.4. The van der Waals surface area contributed by atoms with Gasteiger partial charge >= 0.3 is 12.1 Å². The van der Waals surface area contributed by atoms with E-state index in [4.69, 9.17) is 5.11 Å². The highest BCUT2D eigenvalue weighted by Crippen LogP contribution is 2.35. The van der Waals surface area contributed by atoms with Gasteiger partial charge in [0.15, 0.2) is 0 Å². The summed E-state index contributed by atoms with van der Waals surface area (Å²) in [5, 5.41) is 18.7. The molecule has 0 saturated carbocycles. The van der Waals surface area contributed by atoms with Crippen molar-refractivity contribution in [2.45, 2.75) is 6.18 Å². The summed E-state index contributed by atoms with van der Waals surface area (Å²) in [6.45, 7) is 0. The lowest BCUT2D eigenvalue weighted by Gasteiger charge is -2.10. The van der Waals surface area contributed by atoms with Gasteiger partial charge < -0.3 is 10.2 Å². The quantitative estimate of drug-likeness (QED) is 0.881. The number of benzene rings is 2. The van der Waals surface area contributed by atoms with Crippen LogP contribution in [-0.2, 0) is 6.18 Å². The van der Waals surface area contributed by atoms with Gasteiger partial charge in [0.2, 0.25) is 0 Å². The monoisotopic (exact) mass is 282 g/mol. The molecule has 0 aliphatic carbocycles. The van der Waals surface area contributed by atoms with Crippen LogP contribution in [0.25, 0.3) is 11.1 Å². The first kappa shape index (κ1) is 13.9. The molecule has 2 rings (SSSR count). The summed E-state index contributed by atoms with van der Waals surface area (Å²) < 4.78 is 37.3. The molecule has 104 valence electrons. The summed E-state index contributed by atoms with van der Waals surface area (Å²) in [5.74, 6) is -1.78. The molecule has 0 aromatic heterocycles. The Morgan fingerprint density at radius 3 is 2.10 bits per heavy atom. The molecule has 0 atom stereocenters. The summed E-state index contributed by atoms with van der Waals surface area (Å²) in [6, 6.07) is 8.18. The van der Waals surface area contributed by atoms with E-state index in [0.29, 0.717) is 5.56 Å². The summed E-state index contributed by atoms with van der Waals surface area (Å²) in [5.41, 5.74) is -0.644. The summed E-state index contributed by atoms with van der Waals surface area (Å²) >= 11 is 0. The second-order valence-electron chi connectivity index (χ2n) is 4.08. The Morgan fingerprint density at radius 2 is 1.60 bits per heavy atom. The zero-order valence-corrected chi connectivity index (χ0v) is 9.98. The van der Waals surface area contributed by atoms with Crippen LogP contribution in [0.2, 0.25) is 0 Å². The molecule has 2 aromatic rings. The number of aromatic carboxylic acids is 1. The Morgan fingerprint density at radius 1 is 1.00 bits per heavy atom. The minimum absolute atomic E-state index is 0.165. The summed E-state index contributed by atoms with van der Waals surface area (Å²) in [7, 11) is 0. The third-order valence-electron chi connectivity index (χ3n) is 2.79. The van der Waals surface area contributed by atoms with Gasteiger partial charge in [-0.25, -0.2) is 4.79 Å². The van der Waals surface area contributed by atoms with E-state index in [1.807, 2.05) is 0 Å². The molecular weight excluding hydrogens is 273 g/mol. The Bertz CT molecular complexity index is 646. The molecule has 0 amide bonds. The molecule has 2 N–H and O–H groups in total. The number of rotatable bonds is 2. The van der Waals surface area contributed by atoms with Crippen LogP contribution in [0.15, 0.2) is 42.5 Å². The van der Waals surface area contributed by atoms with Crippen LogP contribution < -0.4 is 0 Å². The van der Waals surface area contributed by atoms with Gasteiger partial charge in [-0.05, 0) is 23.8 Å². The normalized spacial score (nSPS) is 11.3. The number of carboxylic acid groups (broad SMARTS) is 1. The molecule has 0 fully saturated rings. The first-order valence-electron chi connectivity index (χ1n) is 5.53. The lowest BCUT2D eigenvalue weighted by molar-refractivity contribution is -0.137. The average molecular weight is 282 g/mol. The van der Waals surface area contributed by atoms with Crippen molar-refractivity contribution in [1.82, 2.24) is 0 Å². The van der Waals surface area contributed by atoms with Gasteiger partial charge in [-0.3, -0.25) is 0 Å². The van der Waals surface area contributed by atoms with Gasteiger partial charge in [0.1, 0.15) is 11.3 Å². The number of halogens is 3. The smallest absolute Gasteiger partial charge is 0.416 e. The van der Waals surface area contributed by atoms with E-state index < -0.39 is 23.5 Å². The van der Waals surface area contributed by atoms with Crippen molar-refractivity contribution in [3.05, 3.63) is 53.6 Å². The molecule has 2 aromatic carbocycles. The van der Waals surface area contributed by atoms with Gasteiger partial charge in [-0.2, -0.15) is 13.2 Å². The lowest BCUT2D eigenvalue weighted by atomic mass is 10.00. The van der Waals surface area contributed by atoms with Gasteiger partial charge in [0.25, 0.3) is 0 Å². The fourth-order valence-corrected chi connectivity index (χ4v) is 1.79. The van der Waals surface area contributed by atoms with Crippen molar-refractivity contribution in [2.75, 3.05) is 0 Å². The Kier molecular flexibility index (Phi) is 3.40. The molecule has 0 bridgehead atoms. The van der Waals surface area contributed by atoms with Crippen LogP contribution in [0, 0.1) is 0 Å². The molecule has 0 unspecified atom stereocenters. The van der Waals surface area contributed by atoms with Crippen molar-refractivity contribution in [2.24, 2.45) is 0 Å². The lowest BCUT2D eigenvalue weighted by Crippen LogP contribution is -2.04. The van der Waals surface area contributed by atoms with Crippen LogP contribution in [0.4, 0.5) is 13.2 Å². The van der Waals surface area contributed by atoms with E-state index in [-0.39, 0.29) is 11.1 Å². The van der Waals surface area contributed by atoms with Crippen molar-refractivity contribution in [3.8, 4) is 16.9 Å². The van der Waals surface area contributed by atoms with Crippen LogP contribution in [-0.4, -0.2) is 16.2 Å². The zero-order chi connectivity index (χ0) is 14.9. The largest absolute Gasteiger partial charge is 0.506 e. The predicted molar refractivity (Wildman–Crippen MR) is 65.5 cm³/mol. The fourth-order valence-electron chi connectivity index (χ4n) is 1.79. The van der Waals surface area contributed by atoms with Crippen molar-refractivity contribution in [1.29, 1.82) is 0 Å². The second kappa shape index (κ2) is 4.88. The molecule has 0 aliphatic rings. The molecular formula is C14H9F3O3. The maximum atomic E-state index is 12.4. The number of carbonyl (C=O) groups is 1. The van der Waals surface area contributed by atoms with Crippen molar-refractivity contribution in [3.63, 3.8) is 0 Å². The number of carboxylic acids is 1.